The fraction of sp³-hybridized carbons (Fsp3) is 0.231. The topological polar surface area (TPSA) is 65.2 Å². The summed E-state index contributed by atoms with van der Waals surface area (Å²) in [6.07, 6.45) is -6.08. The van der Waals surface area contributed by atoms with Crippen molar-refractivity contribution >= 4 is 5.65 Å². The molecule has 0 aliphatic carbocycles. The largest absolute Gasteiger partial charge is 0.468 e. The monoisotopic (exact) mass is 345 g/mol. The summed E-state index contributed by atoms with van der Waals surface area (Å²) in [5.74, 6) is -0.820. The first-order valence-corrected chi connectivity index (χ1v) is 6.50. The summed E-state index contributed by atoms with van der Waals surface area (Å²) >= 11 is 0. The molecule has 0 saturated heterocycles. The number of hydrogen-bond donors (Lipinski definition) is 0. The average molecular weight is 345 g/mol. The summed E-state index contributed by atoms with van der Waals surface area (Å²) in [7, 11) is 0. The number of aromatic nitrogens is 5. The molecule has 0 unspecified atom stereocenters. The van der Waals surface area contributed by atoms with Crippen molar-refractivity contribution in [2.75, 3.05) is 6.61 Å². The van der Waals surface area contributed by atoms with E-state index in [-0.39, 0.29) is 17.2 Å². The summed E-state index contributed by atoms with van der Waals surface area (Å²) in [4.78, 5) is 3.73. The molecule has 3 heterocycles. The van der Waals surface area contributed by atoms with Gasteiger partial charge in [0.15, 0.2) is 12.3 Å². The Balaban J connectivity index is 1.86. The van der Waals surface area contributed by atoms with Crippen LogP contribution in [-0.4, -0.2) is 37.6 Å². The predicted molar refractivity (Wildman–Crippen MR) is 70.5 cm³/mol. The summed E-state index contributed by atoms with van der Waals surface area (Å²) in [5, 5.41) is 10.9. The van der Waals surface area contributed by atoms with Crippen LogP contribution in [0, 0.1) is 0 Å². The highest BCUT2D eigenvalue weighted by Crippen LogP contribution is 2.22. The van der Waals surface area contributed by atoms with Crippen LogP contribution in [0.2, 0.25) is 0 Å². The van der Waals surface area contributed by atoms with Gasteiger partial charge in [0.25, 0.3) is 6.43 Å². The molecule has 0 aromatic carbocycles. The van der Waals surface area contributed by atoms with E-state index in [0.29, 0.717) is 5.56 Å². The van der Waals surface area contributed by atoms with Gasteiger partial charge in [0, 0.05) is 17.8 Å². The van der Waals surface area contributed by atoms with Gasteiger partial charge in [-0.2, -0.15) is 22.8 Å². The van der Waals surface area contributed by atoms with Gasteiger partial charge in [-0.15, -0.1) is 10.2 Å². The van der Waals surface area contributed by atoms with Gasteiger partial charge < -0.3 is 4.74 Å². The maximum Gasteiger partial charge on any atom is 0.422 e. The zero-order valence-electron chi connectivity index (χ0n) is 11.7. The van der Waals surface area contributed by atoms with Crippen LogP contribution in [-0.2, 0) is 0 Å². The van der Waals surface area contributed by atoms with Gasteiger partial charge >= 0.3 is 6.18 Å². The molecule has 0 aliphatic heterocycles. The molecule has 6 nitrogen and oxygen atoms in total. The van der Waals surface area contributed by atoms with E-state index in [1.165, 1.54) is 30.5 Å². The smallest absolute Gasteiger partial charge is 0.422 e. The van der Waals surface area contributed by atoms with E-state index in [9.17, 15) is 22.0 Å². The molecular formula is C13H8F5N5O. The predicted octanol–water partition coefficient (Wildman–Crippen LogP) is 3.07. The molecule has 126 valence electrons. The molecule has 0 radical (unpaired) electrons. The third-order valence-electron chi connectivity index (χ3n) is 2.90. The Morgan fingerprint density at radius 2 is 1.88 bits per heavy atom. The van der Waals surface area contributed by atoms with Crippen LogP contribution >= 0.6 is 0 Å². The third kappa shape index (κ3) is 3.39. The van der Waals surface area contributed by atoms with Crippen molar-refractivity contribution in [2.24, 2.45) is 0 Å². The minimum Gasteiger partial charge on any atom is -0.468 e. The number of fused-ring (bicyclic) bond motifs is 1. The van der Waals surface area contributed by atoms with Crippen LogP contribution in [0.1, 0.15) is 12.2 Å². The van der Waals surface area contributed by atoms with E-state index in [0.717, 1.165) is 4.52 Å². The first-order valence-electron chi connectivity index (χ1n) is 6.50. The van der Waals surface area contributed by atoms with Crippen molar-refractivity contribution in [3.8, 4) is 17.1 Å². The first kappa shape index (κ1) is 16.0. The number of alkyl halides is 5. The lowest BCUT2D eigenvalue weighted by Gasteiger charge is -2.08. The maximum atomic E-state index is 12.8. The Bertz CT molecular complexity index is 846. The van der Waals surface area contributed by atoms with Crippen molar-refractivity contribution in [1.82, 2.24) is 24.8 Å². The lowest BCUT2D eigenvalue weighted by molar-refractivity contribution is -0.154. The lowest BCUT2D eigenvalue weighted by atomic mass is 10.2. The molecule has 24 heavy (non-hydrogen) atoms. The Kier molecular flexibility index (Phi) is 3.99. The van der Waals surface area contributed by atoms with Gasteiger partial charge in [-0.3, -0.25) is 0 Å². The van der Waals surface area contributed by atoms with Crippen LogP contribution in [0.3, 0.4) is 0 Å². The summed E-state index contributed by atoms with van der Waals surface area (Å²) in [5.41, 5.74) is 0.830. The van der Waals surface area contributed by atoms with Crippen LogP contribution in [0.15, 0.2) is 30.5 Å². The number of nitrogens with zero attached hydrogens (tertiary/aromatic N) is 5. The number of halogens is 5. The molecule has 3 aromatic heterocycles. The van der Waals surface area contributed by atoms with E-state index in [1.807, 2.05) is 0 Å². The van der Waals surface area contributed by atoms with Gasteiger partial charge in [-0.05, 0) is 18.2 Å². The number of rotatable bonds is 4. The number of ether oxygens (including phenoxy) is 1. The Morgan fingerprint density at radius 3 is 2.50 bits per heavy atom. The highest BCUT2D eigenvalue weighted by atomic mass is 19.4. The molecule has 0 N–H and O–H groups in total. The zero-order chi connectivity index (χ0) is 17.3. The SMILES string of the molecule is FC(F)c1nnc2ccc(-c3ccc(OCC(F)(F)F)nc3)nn12. The lowest BCUT2D eigenvalue weighted by Crippen LogP contribution is -2.19. The molecule has 3 rings (SSSR count). The van der Waals surface area contributed by atoms with Gasteiger partial charge in [-0.25, -0.2) is 13.8 Å². The van der Waals surface area contributed by atoms with Gasteiger partial charge in [0.1, 0.15) is 0 Å². The van der Waals surface area contributed by atoms with E-state index in [2.05, 4.69) is 25.0 Å². The molecule has 11 heteroatoms. The average Bonchev–Trinajstić information content (AvgIpc) is 2.96. The normalized spacial score (nSPS) is 12.1. The molecule has 0 aliphatic rings. The number of pyridine rings is 1. The van der Waals surface area contributed by atoms with E-state index in [4.69, 9.17) is 0 Å². The van der Waals surface area contributed by atoms with E-state index in [1.54, 1.807) is 0 Å². The second-order valence-electron chi connectivity index (χ2n) is 4.64. The fourth-order valence-electron chi connectivity index (χ4n) is 1.87. The van der Waals surface area contributed by atoms with E-state index >= 15 is 0 Å². The van der Waals surface area contributed by atoms with Crippen LogP contribution in [0.4, 0.5) is 22.0 Å². The van der Waals surface area contributed by atoms with Crippen LogP contribution < -0.4 is 4.74 Å². The third-order valence-corrected chi connectivity index (χ3v) is 2.90. The standard InChI is InChI=1S/C13H8F5N5O/c14-11(15)12-21-20-9-3-2-8(22-23(9)12)7-1-4-10(19-5-7)24-6-13(16,17)18/h1-5,11H,6H2. The molecule has 0 bridgehead atoms. The highest BCUT2D eigenvalue weighted by Gasteiger charge is 2.28. The van der Waals surface area contributed by atoms with Crippen molar-refractivity contribution in [1.29, 1.82) is 0 Å². The summed E-state index contributed by atoms with van der Waals surface area (Å²) in [6, 6.07) is 5.59. The molecule has 0 spiro atoms. The van der Waals surface area contributed by atoms with Crippen LogP contribution in [0.5, 0.6) is 5.88 Å². The first-order chi connectivity index (χ1) is 11.3. The second-order valence-corrected chi connectivity index (χ2v) is 4.64. The quantitative estimate of drug-likeness (QED) is 0.680. The molecule has 0 atom stereocenters. The maximum absolute atomic E-state index is 12.8. The second kappa shape index (κ2) is 5.98. The summed E-state index contributed by atoms with van der Waals surface area (Å²) < 4.78 is 67.2. The van der Waals surface area contributed by atoms with Crippen molar-refractivity contribution in [2.45, 2.75) is 12.6 Å². The molecule has 3 aromatic rings. The minimum atomic E-state index is -4.47. The fourth-order valence-corrected chi connectivity index (χ4v) is 1.87. The van der Waals surface area contributed by atoms with E-state index < -0.39 is 25.0 Å². The van der Waals surface area contributed by atoms with Crippen molar-refractivity contribution in [3.05, 3.63) is 36.3 Å². The zero-order valence-corrected chi connectivity index (χ0v) is 11.7. The Hall–Kier alpha value is -2.85. The molecule has 0 saturated carbocycles. The van der Waals surface area contributed by atoms with Gasteiger partial charge in [0.2, 0.25) is 11.7 Å². The summed E-state index contributed by atoms with van der Waals surface area (Å²) in [6.45, 7) is -1.46. The van der Waals surface area contributed by atoms with Crippen molar-refractivity contribution in [3.63, 3.8) is 0 Å². The molecular weight excluding hydrogens is 337 g/mol. The minimum absolute atomic E-state index is 0.145. The van der Waals surface area contributed by atoms with Gasteiger partial charge in [-0.1, -0.05) is 0 Å². The van der Waals surface area contributed by atoms with Crippen LogP contribution in [0.25, 0.3) is 16.9 Å². The number of hydrogen-bond acceptors (Lipinski definition) is 5. The highest BCUT2D eigenvalue weighted by molar-refractivity contribution is 5.59. The van der Waals surface area contributed by atoms with Gasteiger partial charge in [0.05, 0.1) is 5.69 Å². The molecule has 0 amide bonds. The Morgan fingerprint density at radius 1 is 1.08 bits per heavy atom. The van der Waals surface area contributed by atoms with Crippen molar-refractivity contribution < 1.29 is 26.7 Å². The Labute approximate surface area is 130 Å². The molecule has 0 fully saturated rings.